The summed E-state index contributed by atoms with van der Waals surface area (Å²) in [4.78, 5) is 27.7. The fourth-order valence-electron chi connectivity index (χ4n) is 3.33. The Labute approximate surface area is 172 Å². The van der Waals surface area contributed by atoms with Gasteiger partial charge < -0.3 is 20.5 Å². The summed E-state index contributed by atoms with van der Waals surface area (Å²) in [5.41, 5.74) is 4.81. The van der Waals surface area contributed by atoms with Gasteiger partial charge in [-0.3, -0.25) is 14.6 Å². The molecule has 3 N–H and O–H groups in total. The first-order valence-corrected chi connectivity index (χ1v) is 8.83. The van der Waals surface area contributed by atoms with E-state index in [1.807, 2.05) is 0 Å². The van der Waals surface area contributed by atoms with Gasteiger partial charge in [0.1, 0.15) is 11.8 Å². The van der Waals surface area contributed by atoms with E-state index in [1.54, 1.807) is 0 Å². The number of nitrogens with zero attached hydrogens (tertiary/aromatic N) is 1. The van der Waals surface area contributed by atoms with Crippen molar-refractivity contribution in [2.24, 2.45) is 5.73 Å². The number of aromatic nitrogens is 1. The summed E-state index contributed by atoms with van der Waals surface area (Å²) >= 11 is 0. The van der Waals surface area contributed by atoms with E-state index in [9.17, 15) is 31.5 Å². The van der Waals surface area contributed by atoms with Gasteiger partial charge in [-0.15, -0.1) is 0 Å². The molecule has 7 nitrogen and oxygen atoms in total. The molecule has 0 saturated carbocycles. The predicted molar refractivity (Wildman–Crippen MR) is 96.4 cm³/mol. The van der Waals surface area contributed by atoms with Gasteiger partial charge in [0.05, 0.1) is 7.11 Å². The fraction of sp³-hybridized carbons (Fsp3) is 0.316. The van der Waals surface area contributed by atoms with Crippen LogP contribution >= 0.6 is 0 Å². The van der Waals surface area contributed by atoms with Crippen molar-refractivity contribution in [1.82, 2.24) is 4.98 Å². The normalized spacial score (nSPS) is 21.0. The summed E-state index contributed by atoms with van der Waals surface area (Å²) in [6.07, 6.45) is -8.37. The highest BCUT2D eigenvalue weighted by Crippen LogP contribution is 2.45. The Bertz CT molecular complexity index is 1010. The molecule has 0 aliphatic carbocycles. The van der Waals surface area contributed by atoms with Gasteiger partial charge in [-0.05, 0) is 24.6 Å². The first-order chi connectivity index (χ1) is 14.5. The zero-order valence-corrected chi connectivity index (χ0v) is 15.9. The van der Waals surface area contributed by atoms with Crippen molar-refractivity contribution in [2.75, 3.05) is 12.4 Å². The van der Waals surface area contributed by atoms with Crippen LogP contribution < -0.4 is 15.8 Å². The lowest BCUT2D eigenvalue weighted by molar-refractivity contribution is -0.213. The number of alkyl halides is 3. The number of carbonyl (C=O) groups is 2. The number of carbonyl (C=O) groups excluding carboxylic acids is 2. The molecule has 0 bridgehead atoms. The number of nitrogens with one attached hydrogen (secondary N) is 1. The highest BCUT2D eigenvalue weighted by Gasteiger charge is 2.52. The van der Waals surface area contributed by atoms with E-state index in [0.29, 0.717) is 0 Å². The number of primary amides is 1. The Hall–Kier alpha value is -3.28. The molecule has 1 aromatic carbocycles. The maximum absolute atomic E-state index is 14.1. The van der Waals surface area contributed by atoms with Gasteiger partial charge in [0.15, 0.2) is 17.7 Å². The van der Waals surface area contributed by atoms with Gasteiger partial charge in [0.2, 0.25) is 5.82 Å². The second-order valence-electron chi connectivity index (χ2n) is 6.70. The quantitative estimate of drug-likeness (QED) is 0.689. The number of hydrogen-bond acceptors (Lipinski definition) is 5. The fourth-order valence-corrected chi connectivity index (χ4v) is 3.33. The number of methoxy groups -OCH3 is 1. The van der Waals surface area contributed by atoms with Crippen LogP contribution in [0.5, 0.6) is 5.75 Å². The number of halogens is 5. The third-order valence-electron chi connectivity index (χ3n) is 4.73. The number of pyridine rings is 1. The molecule has 1 saturated heterocycles. The predicted octanol–water partition coefficient (Wildman–Crippen LogP) is 2.91. The monoisotopic (exact) mass is 445 g/mol. The van der Waals surface area contributed by atoms with E-state index in [1.165, 1.54) is 12.3 Å². The molecule has 0 spiro atoms. The van der Waals surface area contributed by atoms with Crippen LogP contribution in [0.3, 0.4) is 0 Å². The minimum absolute atomic E-state index is 0.0314. The Morgan fingerprint density at radius 1 is 1.26 bits per heavy atom. The molecule has 3 atom stereocenters. The first kappa shape index (κ1) is 22.4. The topological polar surface area (TPSA) is 104 Å². The van der Waals surface area contributed by atoms with Crippen LogP contribution in [0.4, 0.5) is 27.6 Å². The molecule has 1 aromatic heterocycles. The Kier molecular flexibility index (Phi) is 6.11. The highest BCUT2D eigenvalue weighted by atomic mass is 19.4. The number of rotatable bonds is 5. The summed E-state index contributed by atoms with van der Waals surface area (Å²) in [5.74, 6) is -6.44. The third-order valence-corrected chi connectivity index (χ3v) is 4.73. The Morgan fingerprint density at radius 3 is 2.58 bits per heavy atom. The van der Waals surface area contributed by atoms with Gasteiger partial charge in [0.25, 0.3) is 11.8 Å². The maximum atomic E-state index is 14.1. The molecule has 166 valence electrons. The van der Waals surface area contributed by atoms with Crippen molar-refractivity contribution in [3.8, 4) is 5.75 Å². The summed E-state index contributed by atoms with van der Waals surface area (Å²) < 4.78 is 77.4. The Morgan fingerprint density at radius 2 is 1.97 bits per heavy atom. The molecule has 31 heavy (non-hydrogen) atoms. The summed E-state index contributed by atoms with van der Waals surface area (Å²) in [6, 6.07) is 4.18. The molecule has 0 radical (unpaired) electrons. The number of hydrogen-bond donors (Lipinski definition) is 2. The largest absolute Gasteiger partial charge is 0.493 e. The van der Waals surface area contributed by atoms with E-state index < -0.39 is 59.9 Å². The van der Waals surface area contributed by atoms with Gasteiger partial charge in [-0.25, -0.2) is 4.39 Å². The summed E-state index contributed by atoms with van der Waals surface area (Å²) in [6.45, 7) is 0. The molecular weight excluding hydrogens is 429 g/mol. The molecule has 2 aromatic rings. The second-order valence-corrected chi connectivity index (χ2v) is 6.70. The number of ether oxygens (including phenoxy) is 2. The van der Waals surface area contributed by atoms with Crippen LogP contribution in [0.25, 0.3) is 0 Å². The summed E-state index contributed by atoms with van der Waals surface area (Å²) in [7, 11) is 1.02. The van der Waals surface area contributed by atoms with Crippen LogP contribution in [-0.4, -0.2) is 42.3 Å². The van der Waals surface area contributed by atoms with Gasteiger partial charge in [-0.2, -0.15) is 17.6 Å². The average Bonchev–Trinajstić information content (AvgIpc) is 3.16. The van der Waals surface area contributed by atoms with E-state index >= 15 is 0 Å². The van der Waals surface area contributed by atoms with Crippen LogP contribution in [0.1, 0.15) is 28.4 Å². The maximum Gasteiger partial charge on any atom is 0.414 e. The van der Waals surface area contributed by atoms with E-state index in [2.05, 4.69) is 10.3 Å². The van der Waals surface area contributed by atoms with Crippen molar-refractivity contribution in [3.05, 3.63) is 53.4 Å². The van der Waals surface area contributed by atoms with E-state index in [0.717, 1.165) is 25.3 Å². The zero-order chi connectivity index (χ0) is 22.9. The molecule has 1 fully saturated rings. The molecule has 1 aliphatic rings. The lowest BCUT2D eigenvalue weighted by Gasteiger charge is -2.21. The number of nitrogens with two attached hydrogens (primary N) is 1. The van der Waals surface area contributed by atoms with Crippen molar-refractivity contribution >= 4 is 17.5 Å². The van der Waals surface area contributed by atoms with Gasteiger partial charge in [-0.1, -0.05) is 6.07 Å². The van der Waals surface area contributed by atoms with E-state index in [4.69, 9.17) is 15.2 Å². The molecule has 2 amide bonds. The smallest absolute Gasteiger partial charge is 0.414 e. The van der Waals surface area contributed by atoms with Gasteiger partial charge >= 0.3 is 6.18 Å². The number of amides is 2. The Balaban J connectivity index is 1.96. The van der Waals surface area contributed by atoms with Gasteiger partial charge in [0, 0.05) is 23.4 Å². The van der Waals surface area contributed by atoms with Crippen LogP contribution in [-0.2, 0) is 9.53 Å². The molecule has 3 rings (SSSR count). The molecule has 12 heteroatoms. The standard InChI is InChI=1S/C19H16F5N3O4/c1-30-15-9(2-3-11(20)14(15)21)10-7-13(19(22,23)24)31-16(10)18(29)27-8-4-5-26-12(6-8)17(25)28/h2-6,10,13,16H,7H2,1H3,(H2,25,28)(H,26,27,29)/t10-,13-,16+/m1/s1. The highest BCUT2D eigenvalue weighted by molar-refractivity contribution is 5.97. The number of benzene rings is 1. The van der Waals surface area contributed by atoms with Crippen molar-refractivity contribution in [3.63, 3.8) is 0 Å². The lowest BCUT2D eigenvalue weighted by Crippen LogP contribution is -2.34. The van der Waals surface area contributed by atoms with Crippen LogP contribution in [0.15, 0.2) is 30.5 Å². The first-order valence-electron chi connectivity index (χ1n) is 8.83. The van der Waals surface area contributed by atoms with E-state index in [-0.39, 0.29) is 16.9 Å². The minimum Gasteiger partial charge on any atom is -0.493 e. The zero-order valence-electron chi connectivity index (χ0n) is 15.9. The lowest BCUT2D eigenvalue weighted by atomic mass is 9.89. The number of anilines is 1. The average molecular weight is 445 g/mol. The molecule has 1 aliphatic heterocycles. The van der Waals surface area contributed by atoms with Crippen molar-refractivity contribution < 1.29 is 41.0 Å². The minimum atomic E-state index is -4.80. The second kappa shape index (κ2) is 8.46. The van der Waals surface area contributed by atoms with Crippen molar-refractivity contribution in [1.29, 1.82) is 0 Å². The molecule has 2 heterocycles. The summed E-state index contributed by atoms with van der Waals surface area (Å²) in [5, 5.41) is 2.33. The molecular formula is C19H16F5N3O4. The van der Waals surface area contributed by atoms with Crippen LogP contribution in [0, 0.1) is 11.6 Å². The van der Waals surface area contributed by atoms with Crippen LogP contribution in [0.2, 0.25) is 0 Å². The molecule has 0 unspecified atom stereocenters. The van der Waals surface area contributed by atoms with Crippen molar-refractivity contribution in [2.45, 2.75) is 30.7 Å². The third kappa shape index (κ3) is 4.58. The SMILES string of the molecule is COc1c([C@H]2C[C@H](C(F)(F)F)O[C@@H]2C(=O)Nc2ccnc(C(N)=O)c2)ccc(F)c1F.